The number of terminal acetylenes is 1. The Balaban J connectivity index is 2.56. The SMILES string of the molecule is C#CC(CC=C(C)C)Sc1ccccc1. The summed E-state index contributed by atoms with van der Waals surface area (Å²) in [5.74, 6) is 2.82. The van der Waals surface area contributed by atoms with Crippen LogP contribution in [0.2, 0.25) is 0 Å². The van der Waals surface area contributed by atoms with Crippen molar-refractivity contribution in [1.29, 1.82) is 0 Å². The van der Waals surface area contributed by atoms with E-state index < -0.39 is 0 Å². The smallest absolute Gasteiger partial charge is 0.0735 e. The van der Waals surface area contributed by atoms with Gasteiger partial charge in [0.05, 0.1) is 5.25 Å². The maximum absolute atomic E-state index is 5.51. The molecule has 0 radical (unpaired) electrons. The van der Waals surface area contributed by atoms with Crippen LogP contribution in [0.5, 0.6) is 0 Å². The zero-order chi connectivity index (χ0) is 11.1. The highest BCUT2D eigenvalue weighted by Gasteiger charge is 2.04. The fraction of sp³-hybridized carbons (Fsp3) is 0.286. The van der Waals surface area contributed by atoms with Gasteiger partial charge in [-0.3, -0.25) is 0 Å². The summed E-state index contributed by atoms with van der Waals surface area (Å²) in [6.45, 7) is 4.20. The molecule has 1 aromatic rings. The number of allylic oxidation sites excluding steroid dienone is 2. The highest BCUT2D eigenvalue weighted by Crippen LogP contribution is 2.25. The first kappa shape index (κ1) is 11.9. The van der Waals surface area contributed by atoms with Gasteiger partial charge in [-0.2, -0.15) is 0 Å². The van der Waals surface area contributed by atoms with Gasteiger partial charge in [-0.25, -0.2) is 0 Å². The molecule has 0 aromatic heterocycles. The molecule has 0 nitrogen and oxygen atoms in total. The minimum Gasteiger partial charge on any atom is -0.119 e. The lowest BCUT2D eigenvalue weighted by Crippen LogP contribution is -1.96. The molecule has 0 N–H and O–H groups in total. The lowest BCUT2D eigenvalue weighted by molar-refractivity contribution is 1.08. The molecule has 0 aliphatic carbocycles. The van der Waals surface area contributed by atoms with Crippen LogP contribution in [0.1, 0.15) is 20.3 Å². The second-order valence-electron chi connectivity index (χ2n) is 3.60. The molecule has 1 rings (SSSR count). The fourth-order valence-corrected chi connectivity index (χ4v) is 2.06. The molecule has 78 valence electrons. The molecular weight excluding hydrogens is 200 g/mol. The fourth-order valence-electron chi connectivity index (χ4n) is 1.16. The van der Waals surface area contributed by atoms with Gasteiger partial charge in [0.2, 0.25) is 0 Å². The van der Waals surface area contributed by atoms with Crippen molar-refractivity contribution in [2.75, 3.05) is 0 Å². The zero-order valence-corrected chi connectivity index (χ0v) is 10.1. The van der Waals surface area contributed by atoms with E-state index in [1.807, 2.05) is 18.2 Å². The summed E-state index contributed by atoms with van der Waals surface area (Å²) in [5.41, 5.74) is 1.32. The lowest BCUT2D eigenvalue weighted by Gasteiger charge is -2.07. The van der Waals surface area contributed by atoms with Gasteiger partial charge in [-0.1, -0.05) is 35.8 Å². The minimum atomic E-state index is 0.238. The van der Waals surface area contributed by atoms with E-state index in [9.17, 15) is 0 Å². The van der Waals surface area contributed by atoms with Crippen LogP contribution in [0, 0.1) is 12.3 Å². The Morgan fingerprint density at radius 3 is 2.60 bits per heavy atom. The van der Waals surface area contributed by atoms with E-state index >= 15 is 0 Å². The van der Waals surface area contributed by atoms with Gasteiger partial charge in [0.25, 0.3) is 0 Å². The van der Waals surface area contributed by atoms with Crippen molar-refractivity contribution in [3.05, 3.63) is 42.0 Å². The Bertz CT molecular complexity index is 353. The molecule has 0 spiro atoms. The Kier molecular flexibility index (Phi) is 5.07. The van der Waals surface area contributed by atoms with E-state index in [0.717, 1.165) is 6.42 Å². The number of benzene rings is 1. The number of hydrogen-bond acceptors (Lipinski definition) is 1. The van der Waals surface area contributed by atoms with Crippen molar-refractivity contribution < 1.29 is 0 Å². The van der Waals surface area contributed by atoms with Gasteiger partial charge < -0.3 is 0 Å². The van der Waals surface area contributed by atoms with E-state index in [-0.39, 0.29) is 5.25 Å². The summed E-state index contributed by atoms with van der Waals surface area (Å²) >= 11 is 1.75. The largest absolute Gasteiger partial charge is 0.119 e. The van der Waals surface area contributed by atoms with Crippen molar-refractivity contribution in [2.45, 2.75) is 30.4 Å². The Hall–Kier alpha value is -1.13. The molecule has 0 aliphatic rings. The van der Waals surface area contributed by atoms with E-state index in [1.165, 1.54) is 10.5 Å². The molecule has 0 aliphatic heterocycles. The molecule has 1 unspecified atom stereocenters. The van der Waals surface area contributed by atoms with Crippen molar-refractivity contribution >= 4 is 11.8 Å². The van der Waals surface area contributed by atoms with Crippen LogP contribution in [-0.2, 0) is 0 Å². The Labute approximate surface area is 96.8 Å². The number of rotatable bonds is 4. The summed E-state index contributed by atoms with van der Waals surface area (Å²) < 4.78 is 0. The van der Waals surface area contributed by atoms with E-state index in [2.05, 4.69) is 38.0 Å². The Morgan fingerprint density at radius 1 is 1.40 bits per heavy atom. The van der Waals surface area contributed by atoms with Crippen LogP contribution in [0.15, 0.2) is 46.9 Å². The van der Waals surface area contributed by atoms with E-state index in [1.54, 1.807) is 11.8 Å². The predicted molar refractivity (Wildman–Crippen MR) is 69.0 cm³/mol. The first-order valence-electron chi connectivity index (χ1n) is 5.03. The van der Waals surface area contributed by atoms with Gasteiger partial charge in [-0.15, -0.1) is 18.2 Å². The summed E-state index contributed by atoms with van der Waals surface area (Å²) in [6.07, 6.45) is 8.64. The molecule has 0 fully saturated rings. The standard InChI is InChI=1S/C14H16S/c1-4-13(11-10-12(2)3)15-14-8-6-5-7-9-14/h1,5-10,13H,11H2,2-3H3. The molecule has 0 saturated heterocycles. The van der Waals surface area contributed by atoms with Gasteiger partial charge in [0.1, 0.15) is 0 Å². The monoisotopic (exact) mass is 216 g/mol. The van der Waals surface area contributed by atoms with Crippen LogP contribution < -0.4 is 0 Å². The second kappa shape index (κ2) is 6.37. The van der Waals surface area contributed by atoms with Crippen LogP contribution in [0.4, 0.5) is 0 Å². The van der Waals surface area contributed by atoms with Crippen molar-refractivity contribution in [1.82, 2.24) is 0 Å². The third-order valence-corrected chi connectivity index (χ3v) is 3.10. The summed E-state index contributed by atoms with van der Waals surface area (Å²) in [6, 6.07) is 10.3. The predicted octanol–water partition coefficient (Wildman–Crippen LogP) is 4.14. The molecule has 0 saturated carbocycles. The van der Waals surface area contributed by atoms with Gasteiger partial charge in [0.15, 0.2) is 0 Å². The van der Waals surface area contributed by atoms with Crippen LogP contribution in [0.3, 0.4) is 0 Å². The Morgan fingerprint density at radius 2 is 2.07 bits per heavy atom. The van der Waals surface area contributed by atoms with Crippen molar-refractivity contribution in [3.63, 3.8) is 0 Å². The maximum atomic E-state index is 5.51. The van der Waals surface area contributed by atoms with E-state index in [4.69, 9.17) is 6.42 Å². The molecule has 0 bridgehead atoms. The first-order chi connectivity index (χ1) is 7.22. The molecule has 1 heteroatoms. The van der Waals surface area contributed by atoms with Crippen LogP contribution >= 0.6 is 11.8 Å². The lowest BCUT2D eigenvalue weighted by atomic mass is 10.2. The number of hydrogen-bond donors (Lipinski definition) is 0. The van der Waals surface area contributed by atoms with Crippen molar-refractivity contribution in [2.24, 2.45) is 0 Å². The quantitative estimate of drug-likeness (QED) is 0.414. The molecule has 1 atom stereocenters. The van der Waals surface area contributed by atoms with Crippen LogP contribution in [-0.4, -0.2) is 5.25 Å². The molecule has 15 heavy (non-hydrogen) atoms. The van der Waals surface area contributed by atoms with Crippen LogP contribution in [0.25, 0.3) is 0 Å². The summed E-state index contributed by atoms with van der Waals surface area (Å²) in [5, 5.41) is 0.238. The van der Waals surface area contributed by atoms with Crippen molar-refractivity contribution in [3.8, 4) is 12.3 Å². The molecule has 0 amide bonds. The zero-order valence-electron chi connectivity index (χ0n) is 9.23. The molecular formula is C14H16S. The summed E-state index contributed by atoms with van der Waals surface area (Å²) in [7, 11) is 0. The van der Waals surface area contributed by atoms with Gasteiger partial charge in [0, 0.05) is 4.90 Å². The molecule has 0 heterocycles. The van der Waals surface area contributed by atoms with Gasteiger partial charge in [-0.05, 0) is 32.4 Å². The second-order valence-corrected chi connectivity index (χ2v) is 4.88. The molecule has 1 aromatic carbocycles. The normalized spacial score (nSPS) is 11.5. The number of thioether (sulfide) groups is 1. The third kappa shape index (κ3) is 4.76. The maximum Gasteiger partial charge on any atom is 0.0735 e. The van der Waals surface area contributed by atoms with Gasteiger partial charge >= 0.3 is 0 Å². The highest BCUT2D eigenvalue weighted by atomic mass is 32.2. The summed E-state index contributed by atoms with van der Waals surface area (Å²) in [4.78, 5) is 1.24. The van der Waals surface area contributed by atoms with E-state index in [0.29, 0.717) is 0 Å². The first-order valence-corrected chi connectivity index (χ1v) is 5.91. The average Bonchev–Trinajstić information content (AvgIpc) is 2.25. The third-order valence-electron chi connectivity index (χ3n) is 1.95. The average molecular weight is 216 g/mol. The highest BCUT2D eigenvalue weighted by molar-refractivity contribution is 8.00. The minimum absolute atomic E-state index is 0.238. The topological polar surface area (TPSA) is 0 Å².